The quantitative estimate of drug-likeness (QED) is 0.380. The van der Waals surface area contributed by atoms with E-state index in [1.165, 1.54) is 0 Å². The van der Waals surface area contributed by atoms with Gasteiger partial charge < -0.3 is 9.11 Å². The SMILES string of the molecule is O=S(=O)([O-])SSS(=O)(=O)[O-].[Zn+2]. The molecule has 0 fully saturated rings. The zero-order valence-electron chi connectivity index (χ0n) is 4.79. The van der Waals surface area contributed by atoms with E-state index in [4.69, 9.17) is 0 Å². The second kappa shape index (κ2) is 5.00. The Morgan fingerprint density at radius 2 is 1.00 bits per heavy atom. The van der Waals surface area contributed by atoms with E-state index in [9.17, 15) is 25.9 Å². The number of rotatable bonds is 3. The summed E-state index contributed by atoms with van der Waals surface area (Å²) in [6.07, 6.45) is 0. The Morgan fingerprint density at radius 1 is 0.818 bits per heavy atom. The molecule has 0 aromatic heterocycles. The van der Waals surface area contributed by atoms with Gasteiger partial charge >= 0.3 is 19.5 Å². The van der Waals surface area contributed by atoms with Gasteiger partial charge in [-0.3, -0.25) is 0 Å². The van der Waals surface area contributed by atoms with E-state index in [-0.39, 0.29) is 19.5 Å². The fraction of sp³-hybridized carbons (Fsp3) is 0. The van der Waals surface area contributed by atoms with Crippen molar-refractivity contribution in [1.29, 1.82) is 0 Å². The van der Waals surface area contributed by atoms with Crippen molar-refractivity contribution in [3.63, 3.8) is 0 Å². The molecule has 0 atom stereocenters. The summed E-state index contributed by atoms with van der Waals surface area (Å²) < 4.78 is 58.0. The minimum Gasteiger partial charge on any atom is -0.739 e. The first-order chi connectivity index (χ1) is 4.21. The van der Waals surface area contributed by atoms with Crippen molar-refractivity contribution in [3.05, 3.63) is 0 Å². The van der Waals surface area contributed by atoms with Crippen molar-refractivity contribution in [2.24, 2.45) is 0 Å². The van der Waals surface area contributed by atoms with Gasteiger partial charge in [0, 0.05) is 19.7 Å². The van der Waals surface area contributed by atoms with Crippen molar-refractivity contribution in [2.75, 3.05) is 0 Å². The third-order valence-electron chi connectivity index (χ3n) is 0.194. The molecule has 0 spiro atoms. The van der Waals surface area contributed by atoms with E-state index in [2.05, 4.69) is 0 Å². The first kappa shape index (κ1) is 14.7. The molecule has 0 heterocycles. The molecule has 0 aromatic carbocycles. The third kappa shape index (κ3) is 14.0. The van der Waals surface area contributed by atoms with Crippen LogP contribution in [-0.4, -0.2) is 25.9 Å². The van der Waals surface area contributed by atoms with Crippen LogP contribution in [-0.2, 0) is 37.8 Å². The van der Waals surface area contributed by atoms with Crippen LogP contribution in [0.2, 0.25) is 0 Å². The van der Waals surface area contributed by atoms with E-state index in [0.29, 0.717) is 0 Å². The summed E-state index contributed by atoms with van der Waals surface area (Å²) in [5.74, 6) is 0. The predicted molar refractivity (Wildman–Crippen MR) is 34.6 cm³/mol. The molecular weight excluding hydrogens is 290 g/mol. The van der Waals surface area contributed by atoms with Crippen LogP contribution < -0.4 is 0 Å². The largest absolute Gasteiger partial charge is 2.00 e. The summed E-state index contributed by atoms with van der Waals surface area (Å²) >= 11 is 0. The van der Waals surface area contributed by atoms with Gasteiger partial charge in [-0.15, -0.1) is 0 Å². The molecule has 6 nitrogen and oxygen atoms in total. The summed E-state index contributed by atoms with van der Waals surface area (Å²) in [6.45, 7) is 0. The second-order valence-electron chi connectivity index (χ2n) is 0.953. The van der Waals surface area contributed by atoms with Gasteiger partial charge in [0.1, 0.15) is 0 Å². The maximum absolute atomic E-state index is 9.66. The maximum Gasteiger partial charge on any atom is 2.00 e. The zero-order valence-corrected chi connectivity index (χ0v) is 11.0. The summed E-state index contributed by atoms with van der Waals surface area (Å²) in [5, 5.41) is 0. The van der Waals surface area contributed by atoms with Crippen molar-refractivity contribution in [3.8, 4) is 0 Å². The topological polar surface area (TPSA) is 114 Å². The molecule has 0 N–H and O–H groups in total. The molecule has 0 aliphatic heterocycles. The average Bonchev–Trinajstić information content (AvgIpc) is 1.57. The van der Waals surface area contributed by atoms with Gasteiger partial charge in [0.25, 0.3) is 0 Å². The first-order valence-corrected chi connectivity index (χ1v) is 7.50. The van der Waals surface area contributed by atoms with Crippen molar-refractivity contribution in [2.45, 2.75) is 0 Å². The van der Waals surface area contributed by atoms with Crippen molar-refractivity contribution >= 4 is 38.0 Å². The fourth-order valence-corrected chi connectivity index (χ4v) is 5.51. The monoisotopic (exact) mass is 288 g/mol. The minimum atomic E-state index is -4.71. The molecule has 0 radical (unpaired) electrons. The van der Waals surface area contributed by atoms with E-state index in [1.54, 1.807) is 0 Å². The van der Waals surface area contributed by atoms with Gasteiger partial charge in [0.2, 0.25) is 0 Å². The Morgan fingerprint density at radius 3 is 1.09 bits per heavy atom. The molecule has 0 aliphatic carbocycles. The number of hydrogen-bond acceptors (Lipinski definition) is 8. The number of hydrogen-bond donors (Lipinski definition) is 0. The van der Waals surface area contributed by atoms with Crippen LogP contribution >= 0.6 is 19.7 Å². The molecular formula is O6S4Zn. The van der Waals surface area contributed by atoms with Gasteiger partial charge in [0.05, 0.1) is 0 Å². The van der Waals surface area contributed by atoms with E-state index < -0.39 is 38.0 Å². The molecule has 0 saturated carbocycles. The molecule has 0 bridgehead atoms. The normalized spacial score (nSPS) is 12.2. The van der Waals surface area contributed by atoms with Crippen LogP contribution in [0.3, 0.4) is 0 Å². The van der Waals surface area contributed by atoms with Gasteiger partial charge in [-0.1, -0.05) is 0 Å². The average molecular weight is 290 g/mol. The van der Waals surface area contributed by atoms with Crippen LogP contribution in [0.5, 0.6) is 0 Å². The standard InChI is InChI=1S/H2O6S4.Zn/c1-9(2,3)7-8-10(4,5)6;/h(H,1,2,3)(H,4,5,6);/q;+2/p-2. The smallest absolute Gasteiger partial charge is 0.739 e. The van der Waals surface area contributed by atoms with Gasteiger partial charge in [-0.25, -0.2) is 16.8 Å². The van der Waals surface area contributed by atoms with Crippen molar-refractivity contribution < 1.29 is 45.4 Å². The molecule has 11 heteroatoms. The maximum atomic E-state index is 9.66. The summed E-state index contributed by atoms with van der Waals surface area (Å²) in [4.78, 5) is 0. The summed E-state index contributed by atoms with van der Waals surface area (Å²) in [7, 11) is -10.5. The second-order valence-corrected chi connectivity index (χ2v) is 8.57. The minimum absolute atomic E-state index is 0. The molecule has 0 aliphatic rings. The molecule has 0 rings (SSSR count). The molecule has 0 aromatic rings. The molecule has 0 amide bonds. The van der Waals surface area contributed by atoms with E-state index >= 15 is 0 Å². The molecule has 62 valence electrons. The van der Waals surface area contributed by atoms with E-state index in [1.807, 2.05) is 0 Å². The van der Waals surface area contributed by atoms with Gasteiger partial charge in [0.15, 0.2) is 18.3 Å². The molecule has 0 unspecified atom stereocenters. The Labute approximate surface area is 83.0 Å². The van der Waals surface area contributed by atoms with Crippen molar-refractivity contribution in [1.82, 2.24) is 0 Å². The predicted octanol–water partition coefficient (Wildman–Crippen LogP) is -0.714. The third-order valence-corrected chi connectivity index (χ3v) is 6.75. The first-order valence-electron chi connectivity index (χ1n) is 1.50. The summed E-state index contributed by atoms with van der Waals surface area (Å²) in [6, 6.07) is 0. The molecule has 0 saturated heterocycles. The zero-order chi connectivity index (χ0) is 8.41. The van der Waals surface area contributed by atoms with Crippen LogP contribution in [0.25, 0.3) is 0 Å². The van der Waals surface area contributed by atoms with Crippen LogP contribution in [0.15, 0.2) is 0 Å². The van der Waals surface area contributed by atoms with Gasteiger partial charge in [-0.2, -0.15) is 0 Å². The Balaban J connectivity index is 0. The van der Waals surface area contributed by atoms with Gasteiger partial charge in [-0.05, 0) is 0 Å². The fourth-order valence-electron chi connectivity index (χ4n) is 0.0680. The van der Waals surface area contributed by atoms with Crippen LogP contribution in [0, 0.1) is 0 Å². The van der Waals surface area contributed by atoms with Crippen LogP contribution in [0.1, 0.15) is 0 Å². The van der Waals surface area contributed by atoms with E-state index in [0.717, 1.165) is 0 Å². The van der Waals surface area contributed by atoms with Crippen LogP contribution in [0.4, 0.5) is 0 Å². The Bertz CT molecular complexity index is 251. The molecule has 11 heavy (non-hydrogen) atoms. The Hall–Kier alpha value is 1.14. The summed E-state index contributed by atoms with van der Waals surface area (Å²) in [5.41, 5.74) is 0. The Kier molecular flexibility index (Phi) is 6.66.